The number of nitro groups is 1. The summed E-state index contributed by atoms with van der Waals surface area (Å²) in [5.74, 6) is 0.219. The van der Waals surface area contributed by atoms with E-state index in [0.29, 0.717) is 12.0 Å². The average molecular weight is 674 g/mol. The maximum Gasteiger partial charge on any atom is 0.409 e. The summed E-state index contributed by atoms with van der Waals surface area (Å²) in [4.78, 5) is 38.5. The van der Waals surface area contributed by atoms with Gasteiger partial charge in [-0.3, -0.25) is 10.1 Å². The van der Waals surface area contributed by atoms with Crippen LogP contribution in [-0.4, -0.2) is 88.0 Å². The lowest BCUT2D eigenvalue weighted by molar-refractivity contribution is -0.387. The Morgan fingerprint density at radius 3 is 2.15 bits per heavy atom. The second-order valence-corrected chi connectivity index (χ2v) is 18.6. The first-order valence-corrected chi connectivity index (χ1v) is 18.8. The molecule has 0 aromatic heterocycles. The van der Waals surface area contributed by atoms with Gasteiger partial charge in [0.15, 0.2) is 14.1 Å². The van der Waals surface area contributed by atoms with Crippen LogP contribution in [0.5, 0.6) is 5.75 Å². The van der Waals surface area contributed by atoms with Crippen molar-refractivity contribution < 1.29 is 37.9 Å². The molecule has 47 heavy (non-hydrogen) atoms. The van der Waals surface area contributed by atoms with Crippen molar-refractivity contribution in [3.8, 4) is 5.75 Å². The summed E-state index contributed by atoms with van der Waals surface area (Å²) in [5, 5.41) is 12.2. The van der Waals surface area contributed by atoms with Crippen LogP contribution in [0.15, 0.2) is 48.5 Å². The number of nitrogens with zero attached hydrogens (tertiary/aromatic N) is 3. The Bertz CT molecular complexity index is 1370. The number of ether oxygens (including phenoxy) is 4. The van der Waals surface area contributed by atoms with E-state index < -0.39 is 37.8 Å². The number of benzene rings is 2. The molecule has 0 bridgehead atoms. The fourth-order valence-electron chi connectivity index (χ4n) is 5.03. The van der Waals surface area contributed by atoms with Crippen LogP contribution < -0.4 is 4.74 Å². The number of carbonyl (C=O) groups excluding carboxylic acids is 2. The quantitative estimate of drug-likeness (QED) is 0.135. The van der Waals surface area contributed by atoms with E-state index in [2.05, 4.69) is 64.6 Å². The molecule has 5 unspecified atom stereocenters. The highest BCUT2D eigenvalue weighted by Crippen LogP contribution is 2.43. The standard InChI is InChI=1S/C34H51N3O9Si/c1-23-24(2)30(46-47(9,10)34(3,4)5)31(45-29(23)21-25-14-12-11-13-15-25)44-28-17-16-26(20-27(28)37(40)41)22-43-33(39)36(7)19-18-35(6)32(38)42-8/h11-17,20,23-24,29-31H,18-19,21-22H2,1-10H3. The number of methoxy groups -OCH3 is 1. The number of likely N-dealkylation sites (N-methyl/N-ethyl adjacent to an activating group) is 2. The fourth-order valence-corrected chi connectivity index (χ4v) is 6.39. The van der Waals surface area contributed by atoms with Gasteiger partial charge in [-0.25, -0.2) is 9.59 Å². The lowest BCUT2D eigenvalue weighted by atomic mass is 9.81. The van der Waals surface area contributed by atoms with Crippen molar-refractivity contribution in [2.45, 2.75) is 84.3 Å². The number of hydrogen-bond donors (Lipinski definition) is 0. The van der Waals surface area contributed by atoms with Crippen LogP contribution in [0.2, 0.25) is 18.1 Å². The highest BCUT2D eigenvalue weighted by Gasteiger charge is 2.49. The van der Waals surface area contributed by atoms with Crippen molar-refractivity contribution in [2.75, 3.05) is 34.3 Å². The van der Waals surface area contributed by atoms with E-state index in [0.717, 1.165) is 5.56 Å². The van der Waals surface area contributed by atoms with Crippen LogP contribution in [0.4, 0.5) is 15.3 Å². The first-order chi connectivity index (χ1) is 21.9. The molecule has 1 aliphatic rings. The Morgan fingerprint density at radius 2 is 1.57 bits per heavy atom. The molecule has 3 rings (SSSR count). The summed E-state index contributed by atoms with van der Waals surface area (Å²) < 4.78 is 29.9. The Morgan fingerprint density at radius 1 is 0.957 bits per heavy atom. The molecule has 1 heterocycles. The molecule has 12 nitrogen and oxygen atoms in total. The summed E-state index contributed by atoms with van der Waals surface area (Å²) in [6.07, 6.45) is -2.03. The average Bonchev–Trinajstić information content (AvgIpc) is 3.02. The minimum absolute atomic E-state index is 0.0405. The van der Waals surface area contributed by atoms with Crippen molar-refractivity contribution in [3.05, 3.63) is 69.8 Å². The molecule has 13 heteroatoms. The van der Waals surface area contributed by atoms with E-state index in [1.807, 2.05) is 18.2 Å². The summed E-state index contributed by atoms with van der Waals surface area (Å²) in [5.41, 5.74) is 1.28. The van der Waals surface area contributed by atoms with Crippen LogP contribution in [0, 0.1) is 22.0 Å². The lowest BCUT2D eigenvalue weighted by Crippen LogP contribution is -2.57. The van der Waals surface area contributed by atoms with Gasteiger partial charge in [0.1, 0.15) is 12.7 Å². The third kappa shape index (κ3) is 9.91. The molecule has 2 aromatic rings. The van der Waals surface area contributed by atoms with Gasteiger partial charge in [-0.15, -0.1) is 0 Å². The van der Waals surface area contributed by atoms with Crippen molar-refractivity contribution in [1.29, 1.82) is 0 Å². The van der Waals surface area contributed by atoms with E-state index in [4.69, 9.17) is 18.6 Å². The first-order valence-electron chi connectivity index (χ1n) is 15.9. The number of nitro benzene ring substituents is 1. The molecule has 260 valence electrons. The number of rotatable bonds is 12. The van der Waals surface area contributed by atoms with Gasteiger partial charge in [0.25, 0.3) is 0 Å². The van der Waals surface area contributed by atoms with E-state index >= 15 is 0 Å². The SMILES string of the molecule is COC(=O)N(C)CCN(C)C(=O)OCc1ccc(OC2OC(Cc3ccccc3)C(C)C(C)C2O[Si](C)(C)C(C)(C)C)c([N+](=O)[O-])c1. The Hall–Kier alpha value is -3.68. The van der Waals surface area contributed by atoms with Crippen LogP contribution in [0.1, 0.15) is 45.7 Å². The second kappa shape index (κ2) is 15.9. The minimum Gasteiger partial charge on any atom is -0.455 e. The van der Waals surface area contributed by atoms with E-state index in [1.54, 1.807) is 13.1 Å². The van der Waals surface area contributed by atoms with Crippen LogP contribution in [-0.2, 0) is 31.7 Å². The third-order valence-corrected chi connectivity index (χ3v) is 13.9. The van der Waals surface area contributed by atoms with Crippen molar-refractivity contribution >= 4 is 26.2 Å². The highest BCUT2D eigenvalue weighted by atomic mass is 28.4. The molecule has 2 amide bonds. The molecule has 0 N–H and O–H groups in total. The first kappa shape index (κ1) is 37.8. The molecule has 2 aromatic carbocycles. The molecular formula is C34H51N3O9Si. The predicted octanol–water partition coefficient (Wildman–Crippen LogP) is 6.87. The molecule has 0 aliphatic carbocycles. The Balaban J connectivity index is 1.81. The van der Waals surface area contributed by atoms with E-state index in [-0.39, 0.29) is 54.1 Å². The molecule has 1 saturated heterocycles. The largest absolute Gasteiger partial charge is 0.455 e. The zero-order valence-electron chi connectivity index (χ0n) is 29.3. The van der Waals surface area contributed by atoms with Crippen LogP contribution >= 0.6 is 0 Å². The normalized spacial score (nSPS) is 21.4. The molecular weight excluding hydrogens is 622 g/mol. The van der Waals surface area contributed by atoms with Gasteiger partial charge < -0.3 is 33.2 Å². The molecule has 0 saturated carbocycles. The van der Waals surface area contributed by atoms with E-state index in [1.165, 1.54) is 36.1 Å². The van der Waals surface area contributed by atoms with Gasteiger partial charge in [0, 0.05) is 33.3 Å². The smallest absolute Gasteiger partial charge is 0.409 e. The van der Waals surface area contributed by atoms with Crippen molar-refractivity contribution in [2.24, 2.45) is 11.8 Å². The van der Waals surface area contributed by atoms with Gasteiger partial charge in [0.05, 0.1) is 18.1 Å². The molecule has 1 aliphatic heterocycles. The molecule has 5 atom stereocenters. The number of amides is 2. The zero-order chi connectivity index (χ0) is 35.1. The van der Waals surface area contributed by atoms with Gasteiger partial charge in [-0.2, -0.15) is 0 Å². The predicted molar refractivity (Wildman–Crippen MR) is 181 cm³/mol. The third-order valence-electron chi connectivity index (χ3n) is 9.42. The number of carbonyl (C=O) groups is 2. The van der Waals surface area contributed by atoms with Crippen molar-refractivity contribution in [1.82, 2.24) is 9.80 Å². The van der Waals surface area contributed by atoms with Crippen LogP contribution in [0.3, 0.4) is 0 Å². The summed E-state index contributed by atoms with van der Waals surface area (Å²) in [7, 11) is 2.08. The van der Waals surface area contributed by atoms with Gasteiger partial charge >= 0.3 is 17.9 Å². The molecule has 0 spiro atoms. The fraction of sp³-hybridized carbons (Fsp3) is 0.588. The number of hydrogen-bond acceptors (Lipinski definition) is 9. The summed E-state index contributed by atoms with van der Waals surface area (Å²) in [6.45, 7) is 15.4. The Labute approximate surface area is 279 Å². The second-order valence-electron chi connectivity index (χ2n) is 13.8. The molecule has 0 radical (unpaired) electrons. The summed E-state index contributed by atoms with van der Waals surface area (Å²) in [6, 6.07) is 14.6. The van der Waals surface area contributed by atoms with Gasteiger partial charge in [-0.1, -0.05) is 71.0 Å². The van der Waals surface area contributed by atoms with Crippen molar-refractivity contribution in [3.63, 3.8) is 0 Å². The zero-order valence-corrected chi connectivity index (χ0v) is 30.3. The highest BCUT2D eigenvalue weighted by molar-refractivity contribution is 6.74. The molecule has 1 fully saturated rings. The topological polar surface area (TPSA) is 130 Å². The maximum atomic E-state index is 12.5. The minimum atomic E-state index is -2.29. The van der Waals surface area contributed by atoms with E-state index in [9.17, 15) is 19.7 Å². The van der Waals surface area contributed by atoms with Crippen LogP contribution in [0.25, 0.3) is 0 Å². The summed E-state index contributed by atoms with van der Waals surface area (Å²) >= 11 is 0. The maximum absolute atomic E-state index is 12.5. The van der Waals surface area contributed by atoms with Gasteiger partial charge in [-0.05, 0) is 53.6 Å². The monoisotopic (exact) mass is 673 g/mol. The lowest BCUT2D eigenvalue weighted by Gasteiger charge is -2.48. The Kier molecular flexibility index (Phi) is 12.8. The van der Waals surface area contributed by atoms with Gasteiger partial charge in [0.2, 0.25) is 6.29 Å².